The molecule has 2 aromatic carbocycles. The first kappa shape index (κ1) is 20.3. The van der Waals surface area contributed by atoms with Crippen molar-refractivity contribution in [1.82, 2.24) is 0 Å². The van der Waals surface area contributed by atoms with Gasteiger partial charge >= 0.3 is 11.3 Å². The highest BCUT2D eigenvalue weighted by Gasteiger charge is 2.43. The summed E-state index contributed by atoms with van der Waals surface area (Å²) in [6.07, 6.45) is -7.21. The van der Waals surface area contributed by atoms with E-state index in [0.29, 0.717) is 0 Å². The number of aromatic hydroxyl groups is 3. The fraction of sp³-hybridized carbons (Fsp3) is 0.300. The number of phenolic OH excluding ortho intramolecular Hbond substituents is 3. The number of phenols is 3. The molecule has 1 aliphatic rings. The van der Waals surface area contributed by atoms with Gasteiger partial charge in [-0.2, -0.15) is 0 Å². The minimum atomic E-state index is -1.71. The van der Waals surface area contributed by atoms with E-state index in [4.69, 9.17) is 18.3 Å². The molecule has 0 amide bonds. The number of hydrogen-bond donors (Lipinski definition) is 6. The molecule has 3 heterocycles. The Bertz CT molecular complexity index is 1480. The average Bonchev–Trinajstić information content (AvgIpc) is 2.75. The maximum Gasteiger partial charge on any atom is 0.344 e. The van der Waals surface area contributed by atoms with Crippen molar-refractivity contribution in [3.05, 3.63) is 33.0 Å². The van der Waals surface area contributed by atoms with Crippen molar-refractivity contribution >= 4 is 32.7 Å². The van der Waals surface area contributed by atoms with E-state index < -0.39 is 76.1 Å². The molecule has 5 rings (SSSR count). The molecule has 32 heavy (non-hydrogen) atoms. The van der Waals surface area contributed by atoms with E-state index in [1.807, 2.05) is 0 Å². The first-order chi connectivity index (χ1) is 15.1. The lowest BCUT2D eigenvalue weighted by Crippen LogP contribution is -2.58. The van der Waals surface area contributed by atoms with Crippen LogP contribution in [-0.4, -0.2) is 61.3 Å². The number of ether oxygens (including phenoxy) is 2. The van der Waals surface area contributed by atoms with E-state index in [0.717, 1.165) is 12.1 Å². The number of benzene rings is 2. The highest BCUT2D eigenvalue weighted by Crippen LogP contribution is 2.45. The Hall–Kier alpha value is -3.58. The molecule has 0 aliphatic carbocycles. The van der Waals surface area contributed by atoms with E-state index in [1.54, 1.807) is 0 Å². The van der Waals surface area contributed by atoms with Crippen molar-refractivity contribution in [3.63, 3.8) is 0 Å². The molecule has 1 aliphatic heterocycles. The highest BCUT2D eigenvalue weighted by atomic mass is 16.7. The Labute approximate surface area is 176 Å². The molecule has 0 unspecified atom stereocenters. The quantitative estimate of drug-likeness (QED) is 0.134. The summed E-state index contributed by atoms with van der Waals surface area (Å²) in [6.45, 7) is 1.42. The summed E-state index contributed by atoms with van der Waals surface area (Å²) in [7, 11) is 0. The van der Waals surface area contributed by atoms with E-state index in [2.05, 4.69) is 0 Å². The van der Waals surface area contributed by atoms with Crippen molar-refractivity contribution in [2.24, 2.45) is 0 Å². The SMILES string of the molecule is C[C@H]1O[C@H](Oc2cc3c(=O)oc4c(O)c(O)cc5c(=O)oc(c2O)c3c45)[C@H](O)[C@H](O)[C@H]1O. The molecule has 0 spiro atoms. The Morgan fingerprint density at radius 2 is 1.38 bits per heavy atom. The standard InChI is InChI=1S/C20H16O12/c1-4-11(22)14(25)15(26)20(29-4)30-8-3-6-10-9-5(18(27)32-17(10)13(8)24)2-7(21)12(23)16(9)31-19(6)28/h2-4,11,14-15,20-26H,1H3/t4-,11+,14-,15-,20-/m1/s1. The second-order valence-electron chi connectivity index (χ2n) is 7.55. The van der Waals surface area contributed by atoms with Gasteiger partial charge in [-0.1, -0.05) is 0 Å². The second-order valence-corrected chi connectivity index (χ2v) is 7.55. The van der Waals surface area contributed by atoms with Crippen molar-refractivity contribution in [2.75, 3.05) is 0 Å². The van der Waals surface area contributed by atoms with Gasteiger partial charge < -0.3 is 48.9 Å². The van der Waals surface area contributed by atoms with Gasteiger partial charge in [0, 0.05) is 10.8 Å². The monoisotopic (exact) mass is 448 g/mol. The summed E-state index contributed by atoms with van der Waals surface area (Å²) < 4.78 is 21.0. The summed E-state index contributed by atoms with van der Waals surface area (Å²) in [6, 6.07) is 1.98. The molecule has 1 saturated heterocycles. The van der Waals surface area contributed by atoms with E-state index in [-0.39, 0.29) is 21.5 Å². The van der Waals surface area contributed by atoms with Gasteiger partial charge in [0.05, 0.1) is 16.9 Å². The van der Waals surface area contributed by atoms with E-state index in [1.165, 1.54) is 6.92 Å². The van der Waals surface area contributed by atoms with Crippen molar-refractivity contribution in [3.8, 4) is 23.0 Å². The van der Waals surface area contributed by atoms with Crippen molar-refractivity contribution in [2.45, 2.75) is 37.6 Å². The maximum absolute atomic E-state index is 12.6. The Balaban J connectivity index is 1.76. The summed E-state index contributed by atoms with van der Waals surface area (Å²) in [5.41, 5.74) is -2.98. The molecule has 2 aromatic heterocycles. The molecule has 12 heteroatoms. The fourth-order valence-electron chi connectivity index (χ4n) is 3.90. The molecule has 12 nitrogen and oxygen atoms in total. The van der Waals surface area contributed by atoms with Crippen LogP contribution in [0, 0.1) is 0 Å². The molecule has 5 atom stereocenters. The fourth-order valence-corrected chi connectivity index (χ4v) is 3.90. The topological polar surface area (TPSA) is 200 Å². The predicted octanol–water partition coefficient (Wildman–Crippen LogP) is -0.187. The lowest BCUT2D eigenvalue weighted by molar-refractivity contribution is -0.268. The van der Waals surface area contributed by atoms with Crippen LogP contribution in [0.4, 0.5) is 0 Å². The van der Waals surface area contributed by atoms with E-state index >= 15 is 0 Å². The Morgan fingerprint density at radius 3 is 2.00 bits per heavy atom. The zero-order valence-electron chi connectivity index (χ0n) is 16.2. The summed E-state index contributed by atoms with van der Waals surface area (Å²) in [5.74, 6) is -2.67. The summed E-state index contributed by atoms with van der Waals surface area (Å²) in [4.78, 5) is 25.1. The van der Waals surface area contributed by atoms with Crippen LogP contribution in [0.25, 0.3) is 32.7 Å². The smallest absolute Gasteiger partial charge is 0.344 e. The van der Waals surface area contributed by atoms with Gasteiger partial charge in [-0.25, -0.2) is 9.59 Å². The third-order valence-corrected chi connectivity index (χ3v) is 5.59. The van der Waals surface area contributed by atoms with Crippen molar-refractivity contribution < 1.29 is 48.9 Å². The van der Waals surface area contributed by atoms with Crippen molar-refractivity contribution in [1.29, 1.82) is 0 Å². The molecule has 1 fully saturated rings. The zero-order valence-corrected chi connectivity index (χ0v) is 16.2. The first-order valence-electron chi connectivity index (χ1n) is 9.40. The molecule has 0 bridgehead atoms. The number of aliphatic hydroxyl groups is 3. The zero-order chi connectivity index (χ0) is 23.1. The van der Waals surface area contributed by atoms with Crippen LogP contribution in [0.15, 0.2) is 30.6 Å². The minimum Gasteiger partial charge on any atom is -0.504 e. The van der Waals surface area contributed by atoms with Gasteiger partial charge in [0.2, 0.25) is 17.8 Å². The first-order valence-corrected chi connectivity index (χ1v) is 9.40. The molecule has 0 radical (unpaired) electrons. The average molecular weight is 448 g/mol. The predicted molar refractivity (Wildman–Crippen MR) is 105 cm³/mol. The third kappa shape index (κ3) is 2.64. The van der Waals surface area contributed by atoms with Crippen LogP contribution < -0.4 is 16.0 Å². The molecule has 0 saturated carbocycles. The van der Waals surface area contributed by atoms with Gasteiger partial charge in [-0.15, -0.1) is 0 Å². The molecular formula is C20H16O12. The maximum atomic E-state index is 12.6. The van der Waals surface area contributed by atoms with Crippen LogP contribution >= 0.6 is 0 Å². The van der Waals surface area contributed by atoms with Crippen LogP contribution in [-0.2, 0) is 4.74 Å². The summed E-state index contributed by atoms with van der Waals surface area (Å²) in [5, 5.41) is 60.0. The normalized spacial score (nSPS) is 26.3. The Morgan fingerprint density at radius 1 is 0.812 bits per heavy atom. The number of hydrogen-bond acceptors (Lipinski definition) is 12. The van der Waals surface area contributed by atoms with Gasteiger partial charge in [0.15, 0.2) is 22.7 Å². The van der Waals surface area contributed by atoms with Crippen LogP contribution in [0.1, 0.15) is 6.92 Å². The molecule has 4 aromatic rings. The molecule has 168 valence electrons. The van der Waals surface area contributed by atoms with Gasteiger partial charge in [-0.05, 0) is 19.1 Å². The van der Waals surface area contributed by atoms with Gasteiger partial charge in [-0.3, -0.25) is 0 Å². The second kappa shape index (κ2) is 6.71. The van der Waals surface area contributed by atoms with Crippen LogP contribution in [0.5, 0.6) is 23.0 Å². The largest absolute Gasteiger partial charge is 0.504 e. The number of aliphatic hydroxyl groups excluding tert-OH is 3. The summed E-state index contributed by atoms with van der Waals surface area (Å²) >= 11 is 0. The highest BCUT2D eigenvalue weighted by molar-refractivity contribution is 6.22. The number of rotatable bonds is 2. The molecule has 6 N–H and O–H groups in total. The van der Waals surface area contributed by atoms with Gasteiger partial charge in [0.25, 0.3) is 0 Å². The third-order valence-electron chi connectivity index (χ3n) is 5.59. The minimum absolute atomic E-state index is 0.0656. The van der Waals surface area contributed by atoms with Gasteiger partial charge in [0.1, 0.15) is 18.3 Å². The Kier molecular flexibility index (Phi) is 4.26. The lowest BCUT2D eigenvalue weighted by Gasteiger charge is -2.38. The van der Waals surface area contributed by atoms with Crippen LogP contribution in [0.2, 0.25) is 0 Å². The van der Waals surface area contributed by atoms with Crippen LogP contribution in [0.3, 0.4) is 0 Å². The lowest BCUT2D eigenvalue weighted by atomic mass is 10.00. The molecular weight excluding hydrogens is 432 g/mol. The van der Waals surface area contributed by atoms with E-state index in [9.17, 15) is 40.2 Å².